The van der Waals surface area contributed by atoms with Crippen LogP contribution in [0.1, 0.15) is 60.5 Å². The topological polar surface area (TPSA) is 88.9 Å². The number of carbonyl (C=O) groups is 2. The lowest BCUT2D eigenvalue weighted by atomic mass is 9.93. The molecular formula is C38H42Cl2F3N5O4. The molecule has 14 heteroatoms. The van der Waals surface area contributed by atoms with Crippen LogP contribution in [0.4, 0.5) is 18.0 Å². The zero-order valence-corrected chi connectivity index (χ0v) is 30.4. The summed E-state index contributed by atoms with van der Waals surface area (Å²) >= 11 is 12.5. The molecule has 0 saturated carbocycles. The van der Waals surface area contributed by atoms with E-state index in [2.05, 4.69) is 0 Å². The second kappa shape index (κ2) is 16.4. The van der Waals surface area contributed by atoms with Crippen LogP contribution in [0.2, 0.25) is 10.0 Å². The number of hydrogen-bond acceptors (Lipinski definition) is 6. The summed E-state index contributed by atoms with van der Waals surface area (Å²) in [4.78, 5) is 40.2. The lowest BCUT2D eigenvalue weighted by molar-refractivity contribution is -0.137. The maximum Gasteiger partial charge on any atom is 0.416 e. The lowest BCUT2D eigenvalue weighted by Gasteiger charge is -2.39. The van der Waals surface area contributed by atoms with Crippen molar-refractivity contribution >= 4 is 41.0 Å². The van der Waals surface area contributed by atoms with Crippen molar-refractivity contribution in [1.82, 2.24) is 19.6 Å². The summed E-state index contributed by atoms with van der Waals surface area (Å²) in [5.41, 5.74) is 0.865. The Balaban J connectivity index is 1.30. The number of alkyl halides is 3. The molecule has 278 valence electrons. The predicted molar refractivity (Wildman–Crippen MR) is 194 cm³/mol. The van der Waals surface area contributed by atoms with Crippen LogP contribution in [-0.2, 0) is 11.0 Å². The van der Waals surface area contributed by atoms with Gasteiger partial charge in [0.25, 0.3) is 0 Å². The Morgan fingerprint density at radius 1 is 0.865 bits per heavy atom. The molecule has 0 radical (unpaired) electrons. The fourth-order valence-electron chi connectivity index (χ4n) is 7.21. The molecule has 52 heavy (non-hydrogen) atoms. The van der Waals surface area contributed by atoms with Crippen LogP contribution in [0.3, 0.4) is 0 Å². The average molecular weight is 761 g/mol. The highest BCUT2D eigenvalue weighted by molar-refractivity contribution is 6.30. The molecule has 2 unspecified atom stereocenters. The van der Waals surface area contributed by atoms with E-state index in [1.807, 2.05) is 34.1 Å². The number of likely N-dealkylation sites (tertiary alicyclic amines) is 1. The Bertz CT molecular complexity index is 1740. The third-order valence-corrected chi connectivity index (χ3v) is 10.6. The Hall–Kier alpha value is -3.84. The van der Waals surface area contributed by atoms with E-state index in [0.717, 1.165) is 42.5 Å². The highest BCUT2D eigenvalue weighted by Gasteiger charge is 2.45. The number of amides is 3. The summed E-state index contributed by atoms with van der Waals surface area (Å²) in [5, 5.41) is 10.3. The molecule has 3 aliphatic rings. The second-order valence-corrected chi connectivity index (χ2v) is 14.2. The van der Waals surface area contributed by atoms with Crippen LogP contribution in [0.15, 0.2) is 71.7 Å². The number of piperazine rings is 1. The fourth-order valence-corrected chi connectivity index (χ4v) is 7.46. The van der Waals surface area contributed by atoms with Crippen molar-refractivity contribution in [3.8, 4) is 5.75 Å². The molecule has 3 aromatic rings. The quantitative estimate of drug-likeness (QED) is 0.247. The number of urea groups is 1. The van der Waals surface area contributed by atoms with Crippen molar-refractivity contribution in [3.05, 3.63) is 99.0 Å². The van der Waals surface area contributed by atoms with Gasteiger partial charge in [0.15, 0.2) is 0 Å². The third-order valence-electron chi connectivity index (χ3n) is 10.1. The van der Waals surface area contributed by atoms with Gasteiger partial charge in [0.2, 0.25) is 5.91 Å². The maximum absolute atomic E-state index is 14.8. The molecule has 0 aliphatic carbocycles. The van der Waals surface area contributed by atoms with Crippen molar-refractivity contribution < 1.29 is 32.6 Å². The standard InChI is InChI=1S/C38H42Cl2F3N5O4/c1-2-52-32-23-28(38(41,42)43)7-12-31(32)36-44-34(26-3-8-29(39)9-4-26)35(27-5-10-30(40)11-6-27)48(36)37(51)47-20-18-45(19-21-47)24-33(50)46-16-13-25(14-17-46)15-22-49/h3-12,23,25,34-35,49H,2,13-22,24H2,1H3. The van der Waals surface area contributed by atoms with E-state index in [1.54, 1.807) is 41.0 Å². The Kier molecular flexibility index (Phi) is 12.0. The van der Waals surface area contributed by atoms with Crippen molar-refractivity contribution in [2.75, 3.05) is 59.0 Å². The minimum atomic E-state index is -4.60. The normalized spacial score (nSPS) is 20.3. The third kappa shape index (κ3) is 8.51. The van der Waals surface area contributed by atoms with E-state index in [-0.39, 0.29) is 48.8 Å². The molecule has 3 aliphatic heterocycles. The van der Waals surface area contributed by atoms with Gasteiger partial charge >= 0.3 is 12.2 Å². The molecule has 0 aromatic heterocycles. The molecular weight excluding hydrogens is 718 g/mol. The van der Waals surface area contributed by atoms with Crippen LogP contribution in [0, 0.1) is 5.92 Å². The monoisotopic (exact) mass is 759 g/mol. The van der Waals surface area contributed by atoms with Crippen molar-refractivity contribution in [2.24, 2.45) is 10.9 Å². The van der Waals surface area contributed by atoms with Gasteiger partial charge in [0.1, 0.15) is 17.6 Å². The average Bonchev–Trinajstić information content (AvgIpc) is 3.53. The van der Waals surface area contributed by atoms with Gasteiger partial charge in [-0.05, 0) is 85.7 Å². The van der Waals surface area contributed by atoms with Crippen LogP contribution in [-0.4, -0.2) is 102 Å². The predicted octanol–water partition coefficient (Wildman–Crippen LogP) is 7.31. The van der Waals surface area contributed by atoms with Crippen molar-refractivity contribution in [1.29, 1.82) is 0 Å². The minimum Gasteiger partial charge on any atom is -0.493 e. The van der Waals surface area contributed by atoms with E-state index in [4.69, 9.17) is 32.9 Å². The Morgan fingerprint density at radius 2 is 1.48 bits per heavy atom. The van der Waals surface area contributed by atoms with Crippen LogP contribution in [0.25, 0.3) is 0 Å². The molecule has 1 N–H and O–H groups in total. The molecule has 2 atom stereocenters. The first kappa shape index (κ1) is 37.9. The smallest absolute Gasteiger partial charge is 0.416 e. The van der Waals surface area contributed by atoms with Crippen molar-refractivity contribution in [2.45, 2.75) is 44.4 Å². The molecule has 3 aromatic carbocycles. The highest BCUT2D eigenvalue weighted by atomic mass is 35.5. The lowest BCUT2D eigenvalue weighted by Crippen LogP contribution is -2.55. The molecule has 0 spiro atoms. The summed E-state index contributed by atoms with van der Waals surface area (Å²) in [5.74, 6) is 0.634. The summed E-state index contributed by atoms with van der Waals surface area (Å²) in [6.45, 7) is 5.13. The number of amidine groups is 1. The number of rotatable bonds is 9. The van der Waals surface area contributed by atoms with E-state index in [9.17, 15) is 27.9 Å². The Morgan fingerprint density at radius 3 is 2.06 bits per heavy atom. The zero-order valence-electron chi connectivity index (χ0n) is 28.9. The number of carbonyl (C=O) groups excluding carboxylic acids is 2. The van der Waals surface area contributed by atoms with Gasteiger partial charge in [0, 0.05) is 55.9 Å². The highest BCUT2D eigenvalue weighted by Crippen LogP contribution is 2.46. The minimum absolute atomic E-state index is 0.0378. The SMILES string of the molecule is CCOc1cc(C(F)(F)F)ccc1C1=NC(c2ccc(Cl)cc2)C(c2ccc(Cl)cc2)N1C(=O)N1CCN(CC(=O)N2CCC(CCO)CC2)CC1. The summed E-state index contributed by atoms with van der Waals surface area (Å²) < 4.78 is 47.3. The Labute approximate surface area is 311 Å². The number of hydrogen-bond donors (Lipinski definition) is 1. The van der Waals surface area contributed by atoms with Crippen molar-refractivity contribution in [3.63, 3.8) is 0 Å². The number of halogens is 5. The number of ether oxygens (including phenoxy) is 1. The van der Waals surface area contributed by atoms with E-state index in [1.165, 1.54) is 6.07 Å². The molecule has 0 bridgehead atoms. The fraction of sp³-hybridized carbons (Fsp3) is 0.447. The van der Waals surface area contributed by atoms with E-state index >= 15 is 0 Å². The first-order chi connectivity index (χ1) is 25.0. The molecule has 6 rings (SSSR count). The van der Waals surface area contributed by atoms with Gasteiger partial charge in [-0.15, -0.1) is 0 Å². The van der Waals surface area contributed by atoms with Gasteiger partial charge in [-0.2, -0.15) is 13.2 Å². The molecule has 2 saturated heterocycles. The van der Waals surface area contributed by atoms with Gasteiger partial charge in [-0.1, -0.05) is 47.5 Å². The number of benzene rings is 3. The van der Waals surface area contributed by atoms with Gasteiger partial charge in [0.05, 0.1) is 30.3 Å². The molecule has 3 heterocycles. The second-order valence-electron chi connectivity index (χ2n) is 13.3. The van der Waals surface area contributed by atoms with Gasteiger partial charge in [-0.3, -0.25) is 19.6 Å². The van der Waals surface area contributed by atoms with Gasteiger partial charge < -0.3 is 19.6 Å². The van der Waals surface area contributed by atoms with E-state index < -0.39 is 23.8 Å². The zero-order chi connectivity index (χ0) is 37.0. The van der Waals surface area contributed by atoms with Crippen LogP contribution < -0.4 is 4.74 Å². The molecule has 2 fully saturated rings. The number of aliphatic hydroxyl groups excluding tert-OH is 1. The van der Waals surface area contributed by atoms with E-state index in [0.29, 0.717) is 55.2 Å². The first-order valence-electron chi connectivity index (χ1n) is 17.6. The summed E-state index contributed by atoms with van der Waals surface area (Å²) in [6, 6.07) is 15.7. The largest absolute Gasteiger partial charge is 0.493 e. The number of aliphatic imine (C=N–C) groups is 1. The molecule has 9 nitrogen and oxygen atoms in total. The summed E-state index contributed by atoms with van der Waals surface area (Å²) in [7, 11) is 0. The van der Waals surface area contributed by atoms with Crippen LogP contribution >= 0.6 is 23.2 Å². The number of piperidine rings is 1. The summed E-state index contributed by atoms with van der Waals surface area (Å²) in [6.07, 6.45) is -2.09. The number of nitrogens with zero attached hydrogens (tertiary/aromatic N) is 5. The van der Waals surface area contributed by atoms with Crippen LogP contribution in [0.5, 0.6) is 5.75 Å². The van der Waals surface area contributed by atoms with Gasteiger partial charge in [-0.25, -0.2) is 4.79 Å². The first-order valence-corrected chi connectivity index (χ1v) is 18.3. The maximum atomic E-state index is 14.8. The number of aliphatic hydroxyl groups is 1. The molecule has 3 amide bonds.